The molecule has 0 saturated heterocycles. The minimum Gasteiger partial charge on any atom is -0.412 e. The first kappa shape index (κ1) is 22.2. The molecule has 0 aromatic carbocycles. The van der Waals surface area contributed by atoms with Crippen molar-refractivity contribution in [3.8, 4) is 0 Å². The van der Waals surface area contributed by atoms with Crippen LogP contribution in [0, 0.1) is 0 Å². The summed E-state index contributed by atoms with van der Waals surface area (Å²) in [6.07, 6.45) is -7.76. The quantitative estimate of drug-likeness (QED) is 0.207. The lowest BCUT2D eigenvalue weighted by atomic mass is 10.2. The maximum absolute atomic E-state index is 13.0. The molecule has 8 nitrogen and oxygen atoms in total. The van der Waals surface area contributed by atoms with E-state index in [9.17, 15) is 40.0 Å². The van der Waals surface area contributed by atoms with E-state index in [4.69, 9.17) is 4.55 Å². The number of nitrogens with two attached hydrogens (primary N) is 1. The van der Waals surface area contributed by atoms with Gasteiger partial charge in [-0.15, -0.1) is 0 Å². The van der Waals surface area contributed by atoms with E-state index in [2.05, 4.69) is 21.8 Å². The predicted molar refractivity (Wildman–Crippen MR) is 66.0 cm³/mol. The Labute approximate surface area is 132 Å². The highest BCUT2D eigenvalue weighted by Crippen LogP contribution is 2.36. The molecule has 0 fully saturated rings. The van der Waals surface area contributed by atoms with Crippen molar-refractivity contribution in [1.82, 2.24) is 0 Å². The molecule has 0 radical (unpaired) electrons. The number of esters is 1. The monoisotopic (exact) mass is 385 g/mol. The Bertz CT molecular complexity index is 630. The number of rotatable bonds is 8. The van der Waals surface area contributed by atoms with Gasteiger partial charge < -0.3 is 15.2 Å². The first-order valence-electron chi connectivity index (χ1n) is 5.72. The van der Waals surface area contributed by atoms with Gasteiger partial charge in [-0.2, -0.15) is 30.4 Å². The fourth-order valence-corrected chi connectivity index (χ4v) is 1.43. The minimum atomic E-state index is -5.94. The molecule has 0 aliphatic carbocycles. The Morgan fingerprint density at radius 2 is 1.67 bits per heavy atom. The van der Waals surface area contributed by atoms with Crippen LogP contribution in [-0.2, 0) is 29.2 Å². The van der Waals surface area contributed by atoms with Gasteiger partial charge in [-0.05, 0) is 6.92 Å². The number of amides is 1. The molecule has 1 unspecified atom stereocenters. The number of primary amides is 1. The van der Waals surface area contributed by atoms with Gasteiger partial charge in [0, 0.05) is 5.57 Å². The average molecular weight is 385 g/mol. The molecule has 0 heterocycles. The largest absolute Gasteiger partial charge is 0.466 e. The SMILES string of the molecule is C=C(C)C(=O)OC(OCCC(F)(F)S(=O)(=O)O)(C(N)=O)C(F)(F)F. The maximum Gasteiger partial charge on any atom is 0.466 e. The van der Waals surface area contributed by atoms with Gasteiger partial charge in [-0.1, -0.05) is 6.58 Å². The van der Waals surface area contributed by atoms with E-state index in [-0.39, 0.29) is 0 Å². The standard InChI is InChI=1S/C10H12F5NO7S/c1-5(2)6(17)23-9(7(16)18,10(13,14)15)22-4-3-8(11,12)24(19,20)21/h1,3-4H2,2H3,(H2,16,18)(H,19,20,21). The summed E-state index contributed by atoms with van der Waals surface area (Å²) in [4.78, 5) is 22.3. The first-order valence-corrected chi connectivity index (χ1v) is 7.16. The van der Waals surface area contributed by atoms with Crippen LogP contribution >= 0.6 is 0 Å². The van der Waals surface area contributed by atoms with Crippen molar-refractivity contribution in [2.75, 3.05) is 6.61 Å². The van der Waals surface area contributed by atoms with Crippen molar-refractivity contribution in [3.63, 3.8) is 0 Å². The second kappa shape index (κ2) is 6.98. The molecule has 0 aromatic rings. The molecule has 3 N–H and O–H groups in total. The molecule has 0 spiro atoms. The molecule has 0 saturated carbocycles. The van der Waals surface area contributed by atoms with Crippen molar-refractivity contribution in [2.24, 2.45) is 5.73 Å². The molecule has 0 rings (SSSR count). The van der Waals surface area contributed by atoms with Gasteiger partial charge in [0.15, 0.2) is 0 Å². The third-order valence-corrected chi connectivity index (χ3v) is 3.32. The third kappa shape index (κ3) is 4.85. The number of ether oxygens (including phenoxy) is 2. The van der Waals surface area contributed by atoms with Gasteiger partial charge in [0.25, 0.3) is 0 Å². The van der Waals surface area contributed by atoms with Crippen LogP contribution in [-0.4, -0.2) is 48.7 Å². The fourth-order valence-electron chi connectivity index (χ4n) is 1.09. The van der Waals surface area contributed by atoms with Crippen LogP contribution in [0.25, 0.3) is 0 Å². The Morgan fingerprint density at radius 1 is 1.21 bits per heavy atom. The van der Waals surface area contributed by atoms with Crippen molar-refractivity contribution in [2.45, 2.75) is 30.6 Å². The van der Waals surface area contributed by atoms with E-state index >= 15 is 0 Å². The van der Waals surface area contributed by atoms with Gasteiger partial charge >= 0.3 is 39.2 Å². The predicted octanol–water partition coefficient (Wildman–Crippen LogP) is 0.737. The molecule has 0 aromatic heterocycles. The number of carbonyl (C=O) groups excluding carboxylic acids is 2. The summed E-state index contributed by atoms with van der Waals surface area (Å²) in [6, 6.07) is 0. The van der Waals surface area contributed by atoms with Crippen LogP contribution in [0.5, 0.6) is 0 Å². The van der Waals surface area contributed by atoms with Gasteiger partial charge in [-0.25, -0.2) is 4.79 Å². The Balaban J connectivity index is 5.55. The van der Waals surface area contributed by atoms with Crippen LogP contribution in [0.4, 0.5) is 22.0 Å². The number of alkyl halides is 5. The number of carbonyl (C=O) groups is 2. The average Bonchev–Trinajstić information content (AvgIpc) is 2.33. The lowest BCUT2D eigenvalue weighted by molar-refractivity contribution is -0.347. The number of hydrogen-bond acceptors (Lipinski definition) is 6. The van der Waals surface area contributed by atoms with Crippen LogP contribution < -0.4 is 5.73 Å². The normalized spacial score (nSPS) is 15.5. The van der Waals surface area contributed by atoms with Crippen LogP contribution in [0.1, 0.15) is 13.3 Å². The van der Waals surface area contributed by atoms with E-state index < -0.39 is 57.8 Å². The second-order valence-corrected chi connectivity index (χ2v) is 5.91. The highest BCUT2D eigenvalue weighted by Gasteiger charge is 2.65. The summed E-state index contributed by atoms with van der Waals surface area (Å²) in [6.45, 7) is 2.10. The minimum absolute atomic E-state index is 0.600. The maximum atomic E-state index is 13.0. The van der Waals surface area contributed by atoms with Crippen molar-refractivity contribution in [3.05, 3.63) is 12.2 Å². The molecule has 0 bridgehead atoms. The number of halogens is 5. The molecule has 0 aliphatic rings. The second-order valence-electron chi connectivity index (χ2n) is 4.36. The Hall–Kier alpha value is -1.80. The Morgan fingerprint density at radius 3 is 1.96 bits per heavy atom. The highest BCUT2D eigenvalue weighted by atomic mass is 32.2. The summed E-state index contributed by atoms with van der Waals surface area (Å²) in [5, 5.41) is -4.87. The molecule has 0 aliphatic heterocycles. The summed E-state index contributed by atoms with van der Waals surface area (Å²) in [7, 11) is -5.94. The first-order chi connectivity index (χ1) is 10.5. The lowest BCUT2D eigenvalue weighted by Gasteiger charge is -2.31. The zero-order chi connectivity index (χ0) is 19.6. The van der Waals surface area contributed by atoms with E-state index in [1.165, 1.54) is 0 Å². The van der Waals surface area contributed by atoms with Crippen LogP contribution in [0.2, 0.25) is 0 Å². The molecule has 14 heteroatoms. The van der Waals surface area contributed by atoms with Crippen molar-refractivity contribution >= 4 is 22.0 Å². The van der Waals surface area contributed by atoms with Gasteiger partial charge in [-0.3, -0.25) is 9.35 Å². The smallest absolute Gasteiger partial charge is 0.412 e. The summed E-state index contributed by atoms with van der Waals surface area (Å²) in [5.74, 6) is -8.62. The Kier molecular flexibility index (Phi) is 6.46. The van der Waals surface area contributed by atoms with Gasteiger partial charge in [0.2, 0.25) is 0 Å². The number of hydrogen-bond donors (Lipinski definition) is 2. The van der Waals surface area contributed by atoms with Crippen molar-refractivity contribution in [1.29, 1.82) is 0 Å². The summed E-state index contributed by atoms with van der Waals surface area (Å²) < 4.78 is 102. The summed E-state index contributed by atoms with van der Waals surface area (Å²) in [5.41, 5.74) is 3.90. The van der Waals surface area contributed by atoms with E-state index in [1.807, 2.05) is 0 Å². The topological polar surface area (TPSA) is 133 Å². The zero-order valence-electron chi connectivity index (χ0n) is 11.9. The molecule has 140 valence electrons. The van der Waals surface area contributed by atoms with Gasteiger partial charge in [0.05, 0.1) is 13.0 Å². The molecular weight excluding hydrogens is 373 g/mol. The van der Waals surface area contributed by atoms with Gasteiger partial charge in [0.1, 0.15) is 0 Å². The molecule has 1 atom stereocenters. The fraction of sp³-hybridized carbons (Fsp3) is 0.600. The van der Waals surface area contributed by atoms with Crippen molar-refractivity contribution < 1.29 is 54.0 Å². The molecular formula is C10H12F5NO7S. The zero-order valence-corrected chi connectivity index (χ0v) is 12.7. The molecule has 1 amide bonds. The van der Waals surface area contributed by atoms with E-state index in [0.717, 1.165) is 6.92 Å². The van der Waals surface area contributed by atoms with E-state index in [1.54, 1.807) is 0 Å². The highest BCUT2D eigenvalue weighted by molar-refractivity contribution is 7.86. The lowest BCUT2D eigenvalue weighted by Crippen LogP contribution is -2.60. The van der Waals surface area contributed by atoms with E-state index in [0.29, 0.717) is 0 Å². The van der Waals surface area contributed by atoms with Crippen LogP contribution in [0.3, 0.4) is 0 Å². The van der Waals surface area contributed by atoms with Crippen LogP contribution in [0.15, 0.2) is 12.2 Å². The molecule has 24 heavy (non-hydrogen) atoms. The third-order valence-electron chi connectivity index (χ3n) is 2.36. The summed E-state index contributed by atoms with van der Waals surface area (Å²) >= 11 is 0.